The molecule has 0 saturated heterocycles. The molecule has 1 aliphatic carbocycles. The first-order valence-electron chi connectivity index (χ1n) is 24.3. The third-order valence-electron chi connectivity index (χ3n) is 15.2. The molecule has 15 rings (SSSR count). The number of aliphatic imine (C=N–C) groups is 1. The summed E-state index contributed by atoms with van der Waals surface area (Å²) >= 11 is 0. The molecular weight excluding hydrogens is 881 g/mol. The summed E-state index contributed by atoms with van der Waals surface area (Å²) in [5.41, 5.74) is 16.2. The summed E-state index contributed by atoms with van der Waals surface area (Å²) in [5, 5.41) is 7.13. The van der Waals surface area contributed by atoms with Gasteiger partial charge >= 0.3 is 0 Å². The van der Waals surface area contributed by atoms with E-state index in [1.165, 1.54) is 32.6 Å². The number of rotatable bonds is 6. The number of nitrogens with zero attached hydrogens (tertiary/aromatic N) is 6. The first-order chi connectivity index (χ1) is 35.6. The van der Waals surface area contributed by atoms with E-state index in [4.69, 9.17) is 14.7 Å². The van der Waals surface area contributed by atoms with Crippen molar-refractivity contribution in [2.75, 3.05) is 0 Å². The van der Waals surface area contributed by atoms with Crippen LogP contribution >= 0.6 is 0 Å². The minimum absolute atomic E-state index is 0.735. The molecule has 72 heavy (non-hydrogen) atoms. The number of allylic oxidation sites excluding steroid dienone is 3. The van der Waals surface area contributed by atoms with Gasteiger partial charge < -0.3 is 13.9 Å². The fourth-order valence-electron chi connectivity index (χ4n) is 12.3. The predicted molar refractivity (Wildman–Crippen MR) is 295 cm³/mol. The normalized spacial score (nSPS) is 15.1. The van der Waals surface area contributed by atoms with Gasteiger partial charge in [-0.25, -0.2) is 4.99 Å². The fourth-order valence-corrected chi connectivity index (χ4v) is 12.3. The van der Waals surface area contributed by atoms with E-state index >= 15 is 0 Å². The number of hydrogen-bond acceptors (Lipinski definition) is 4. The Labute approximate surface area is 414 Å². The molecule has 0 fully saturated rings. The molecule has 0 saturated carbocycles. The Bertz CT molecular complexity index is 4440. The SMILES string of the molecule is C=N/C(=C\C=C(/C)n1c2ccccc2c2ccccc21)n1c2ccccc2c2cc(-c3cnc4c(c3)C3(c5ccccc5Oc5cc(-n6c7ccccc7c7ccccc76)ccc53)c3cccnc3-4)ccc21. The quantitative estimate of drug-likeness (QED) is 0.123. The van der Waals surface area contributed by atoms with Crippen LogP contribution in [-0.4, -0.2) is 30.4 Å². The predicted octanol–water partition coefficient (Wildman–Crippen LogP) is 16.0. The van der Waals surface area contributed by atoms with Crippen LogP contribution in [0.15, 0.2) is 230 Å². The Morgan fingerprint density at radius 2 is 1.03 bits per heavy atom. The summed E-state index contributed by atoms with van der Waals surface area (Å²) in [7, 11) is 0. The highest BCUT2D eigenvalue weighted by molar-refractivity contribution is 6.13. The third-order valence-corrected chi connectivity index (χ3v) is 15.2. The molecule has 0 radical (unpaired) electrons. The summed E-state index contributed by atoms with van der Waals surface area (Å²) in [6.45, 7) is 6.26. The van der Waals surface area contributed by atoms with Crippen LogP contribution in [0.4, 0.5) is 0 Å². The van der Waals surface area contributed by atoms with Crippen molar-refractivity contribution in [2.45, 2.75) is 12.3 Å². The number of para-hydroxylation sites is 6. The van der Waals surface area contributed by atoms with Gasteiger partial charge in [0.1, 0.15) is 17.3 Å². The highest BCUT2D eigenvalue weighted by Crippen LogP contribution is 2.62. The summed E-state index contributed by atoms with van der Waals surface area (Å²) < 4.78 is 13.9. The molecule has 1 atom stereocenters. The second kappa shape index (κ2) is 15.2. The molecule has 8 aromatic carbocycles. The van der Waals surface area contributed by atoms with Gasteiger partial charge in [0.2, 0.25) is 0 Å². The average molecular weight is 923 g/mol. The van der Waals surface area contributed by atoms with Gasteiger partial charge in [0.25, 0.3) is 0 Å². The van der Waals surface area contributed by atoms with Crippen molar-refractivity contribution in [2.24, 2.45) is 4.99 Å². The van der Waals surface area contributed by atoms with E-state index in [0.717, 1.165) is 106 Å². The standard InChI is InChI=1S/C65H42N6O/c1-40(69-54-23-9-3-16-44(54)45-17-4-10-24-55(45)69)29-34-62(66-2)71-58-27-13-7-20-48(58)49-36-41(30-33-59(49)71)42-37-53-64(68-39-42)63-52(22-15-35-67-63)65(53)50-21-8-14-28-60(50)72-61-38-43(31-32-51(61)65)70-56-25-11-5-18-46(56)47-19-6-12-26-57(47)70/h3-39H,2H2,1H3/b40-29+,62-34+. The number of pyridine rings is 2. The molecule has 1 aliphatic heterocycles. The van der Waals surface area contributed by atoms with E-state index in [1.54, 1.807) is 0 Å². The summed E-state index contributed by atoms with van der Waals surface area (Å²) in [4.78, 5) is 15.1. The van der Waals surface area contributed by atoms with Gasteiger partial charge in [-0.2, -0.15) is 0 Å². The molecule has 338 valence electrons. The zero-order valence-corrected chi connectivity index (χ0v) is 39.2. The molecule has 2 aliphatic rings. The first kappa shape index (κ1) is 40.3. The van der Waals surface area contributed by atoms with Crippen LogP contribution in [0, 0.1) is 0 Å². The van der Waals surface area contributed by atoms with Crippen LogP contribution in [0.2, 0.25) is 0 Å². The average Bonchev–Trinajstić information content (AvgIpc) is 4.15. The van der Waals surface area contributed by atoms with Gasteiger partial charge in [0.15, 0.2) is 0 Å². The number of hydrogen-bond donors (Lipinski definition) is 0. The number of aromatic nitrogens is 5. The molecule has 1 spiro atoms. The summed E-state index contributed by atoms with van der Waals surface area (Å²) in [6.07, 6.45) is 8.11. The summed E-state index contributed by atoms with van der Waals surface area (Å²) in [5.74, 6) is 2.35. The van der Waals surface area contributed by atoms with Gasteiger partial charge in [0, 0.05) is 84.4 Å². The van der Waals surface area contributed by atoms with Crippen LogP contribution < -0.4 is 4.74 Å². The largest absolute Gasteiger partial charge is 0.457 e. The van der Waals surface area contributed by atoms with Crippen molar-refractivity contribution >= 4 is 83.7 Å². The Kier molecular flexibility index (Phi) is 8.51. The number of benzene rings is 8. The topological polar surface area (TPSA) is 62.2 Å². The van der Waals surface area contributed by atoms with E-state index < -0.39 is 5.41 Å². The zero-order valence-electron chi connectivity index (χ0n) is 39.2. The van der Waals surface area contributed by atoms with Crippen LogP contribution in [0.25, 0.3) is 105 Å². The van der Waals surface area contributed by atoms with Gasteiger partial charge in [-0.1, -0.05) is 127 Å². The maximum Gasteiger partial charge on any atom is 0.136 e. The molecule has 7 nitrogen and oxygen atoms in total. The molecule has 0 N–H and O–H groups in total. The van der Waals surface area contributed by atoms with Crippen molar-refractivity contribution in [3.05, 3.63) is 247 Å². The Hall–Kier alpha value is -9.59. The van der Waals surface area contributed by atoms with Crippen molar-refractivity contribution in [3.8, 4) is 39.7 Å². The van der Waals surface area contributed by atoms with E-state index in [0.29, 0.717) is 0 Å². The lowest BCUT2D eigenvalue weighted by molar-refractivity contribution is 0.436. The zero-order chi connectivity index (χ0) is 47.7. The smallest absolute Gasteiger partial charge is 0.136 e. The molecular formula is C65H42N6O. The first-order valence-corrected chi connectivity index (χ1v) is 24.3. The molecule has 0 bridgehead atoms. The number of fused-ring (bicyclic) bond motifs is 18. The maximum atomic E-state index is 7.00. The van der Waals surface area contributed by atoms with Crippen molar-refractivity contribution < 1.29 is 4.74 Å². The maximum absolute atomic E-state index is 7.00. The second-order valence-corrected chi connectivity index (χ2v) is 18.9. The minimum atomic E-state index is -0.758. The molecule has 6 heterocycles. The fraction of sp³-hybridized carbons (Fsp3) is 0.0308. The molecule has 0 amide bonds. The van der Waals surface area contributed by atoms with E-state index in [2.05, 4.69) is 239 Å². The molecule has 13 aromatic rings. The Balaban J connectivity index is 0.891. The van der Waals surface area contributed by atoms with Gasteiger partial charge in [-0.15, -0.1) is 0 Å². The van der Waals surface area contributed by atoms with Crippen molar-refractivity contribution in [3.63, 3.8) is 0 Å². The van der Waals surface area contributed by atoms with Crippen molar-refractivity contribution in [1.82, 2.24) is 23.7 Å². The lowest BCUT2D eigenvalue weighted by atomic mass is 9.66. The second-order valence-electron chi connectivity index (χ2n) is 18.9. The monoisotopic (exact) mass is 922 g/mol. The Morgan fingerprint density at radius 1 is 0.472 bits per heavy atom. The lowest BCUT2D eigenvalue weighted by Gasteiger charge is -2.39. The van der Waals surface area contributed by atoms with E-state index in [-0.39, 0.29) is 0 Å². The van der Waals surface area contributed by atoms with Gasteiger partial charge in [-0.3, -0.25) is 14.5 Å². The third kappa shape index (κ3) is 5.47. The van der Waals surface area contributed by atoms with Crippen molar-refractivity contribution in [1.29, 1.82) is 0 Å². The minimum Gasteiger partial charge on any atom is -0.457 e. The van der Waals surface area contributed by atoms with Crippen LogP contribution in [0.5, 0.6) is 11.5 Å². The van der Waals surface area contributed by atoms with Gasteiger partial charge in [0.05, 0.1) is 49.9 Å². The van der Waals surface area contributed by atoms with E-state index in [9.17, 15) is 0 Å². The highest BCUT2D eigenvalue weighted by Gasteiger charge is 2.52. The van der Waals surface area contributed by atoms with Crippen LogP contribution in [0.3, 0.4) is 0 Å². The molecule has 7 heteroatoms. The van der Waals surface area contributed by atoms with Crippen LogP contribution in [0.1, 0.15) is 29.2 Å². The van der Waals surface area contributed by atoms with Crippen LogP contribution in [-0.2, 0) is 5.41 Å². The molecule has 5 aromatic heterocycles. The Morgan fingerprint density at radius 3 is 1.72 bits per heavy atom. The highest BCUT2D eigenvalue weighted by atomic mass is 16.5. The van der Waals surface area contributed by atoms with Gasteiger partial charge in [-0.05, 0) is 104 Å². The molecule has 1 unspecified atom stereocenters. The van der Waals surface area contributed by atoms with E-state index in [1.807, 2.05) is 18.5 Å². The summed E-state index contributed by atoms with van der Waals surface area (Å²) in [6, 6.07) is 71.5. The lowest BCUT2D eigenvalue weighted by Crippen LogP contribution is -2.32. The number of ether oxygens (including phenoxy) is 1.